The lowest BCUT2D eigenvalue weighted by atomic mass is 9.86. The lowest BCUT2D eigenvalue weighted by molar-refractivity contribution is -0.138. The molecular weight excluding hydrogens is 900 g/mol. The number of thiophene rings is 2. The van der Waals surface area contributed by atoms with Crippen molar-refractivity contribution >= 4 is 75.7 Å². The van der Waals surface area contributed by atoms with Gasteiger partial charge in [-0.1, -0.05) is 59.6 Å². The highest BCUT2D eigenvalue weighted by atomic mass is 35.5. The molecule has 13 nitrogen and oxygen atoms in total. The van der Waals surface area contributed by atoms with Crippen molar-refractivity contribution in [3.05, 3.63) is 112 Å². The third kappa shape index (κ3) is 11.3. The molecule has 64 heavy (non-hydrogen) atoms. The summed E-state index contributed by atoms with van der Waals surface area (Å²) in [6, 6.07) is 18.7. The zero-order valence-electron chi connectivity index (χ0n) is 35.8. The maximum absolute atomic E-state index is 13.6. The molecule has 17 heteroatoms. The number of nitrogens with zero attached hydrogens (tertiary/aromatic N) is 2. The number of aliphatic hydroxyl groups is 3. The Morgan fingerprint density at radius 2 is 1.05 bits per heavy atom. The Kier molecular flexibility index (Phi) is 15.5. The maximum atomic E-state index is 13.6. The summed E-state index contributed by atoms with van der Waals surface area (Å²) in [5.41, 5.74) is 4.21. The molecule has 0 saturated heterocycles. The molecule has 2 aliphatic carbocycles. The van der Waals surface area contributed by atoms with Gasteiger partial charge in [-0.25, -0.2) is 0 Å². The van der Waals surface area contributed by atoms with Gasteiger partial charge in [0.05, 0.1) is 36.7 Å². The van der Waals surface area contributed by atoms with Crippen molar-refractivity contribution in [2.24, 2.45) is 0 Å². The van der Waals surface area contributed by atoms with Gasteiger partial charge in [0, 0.05) is 64.7 Å². The summed E-state index contributed by atoms with van der Waals surface area (Å²) in [6.07, 6.45) is 0.0199. The van der Waals surface area contributed by atoms with E-state index in [0.29, 0.717) is 18.4 Å². The lowest BCUT2D eigenvalue weighted by Gasteiger charge is -2.29. The summed E-state index contributed by atoms with van der Waals surface area (Å²) in [5, 5.41) is 36.5. The molecular formula is C47H54Cl2N4O9S2. The fourth-order valence-corrected chi connectivity index (χ4v) is 11.1. The minimum atomic E-state index is -1.34. The van der Waals surface area contributed by atoms with Crippen molar-refractivity contribution in [3.63, 3.8) is 0 Å². The minimum Gasteiger partial charge on any atom is -0.462 e. The van der Waals surface area contributed by atoms with Crippen LogP contribution in [0.15, 0.2) is 60.7 Å². The summed E-state index contributed by atoms with van der Waals surface area (Å²) in [5.74, 6) is -1.29. The number of amides is 2. The van der Waals surface area contributed by atoms with Crippen LogP contribution in [0.5, 0.6) is 0 Å². The van der Waals surface area contributed by atoms with Gasteiger partial charge in [-0.05, 0) is 97.4 Å². The molecule has 5 atom stereocenters. The number of halogens is 2. The fourth-order valence-electron chi connectivity index (χ4n) is 9.27. The Morgan fingerprint density at radius 1 is 0.641 bits per heavy atom. The number of likely N-dealkylation sites (N-methyl/N-ethyl adjacent to an activating group) is 2. The summed E-state index contributed by atoms with van der Waals surface area (Å²) in [6.45, 7) is 4.22. The summed E-state index contributed by atoms with van der Waals surface area (Å²) < 4.78 is 5.95. The van der Waals surface area contributed by atoms with Crippen molar-refractivity contribution in [1.29, 1.82) is 0 Å². The van der Waals surface area contributed by atoms with Gasteiger partial charge in [-0.3, -0.25) is 24.0 Å². The molecule has 2 amide bonds. The Morgan fingerprint density at radius 3 is 1.45 bits per heavy atom. The molecule has 342 valence electrons. The van der Waals surface area contributed by atoms with Crippen LogP contribution >= 0.6 is 45.9 Å². The topological polar surface area (TPSA) is 186 Å². The van der Waals surface area contributed by atoms with Crippen molar-refractivity contribution in [1.82, 2.24) is 20.4 Å². The van der Waals surface area contributed by atoms with E-state index in [-0.39, 0.29) is 56.6 Å². The first-order chi connectivity index (χ1) is 30.5. The Labute approximate surface area is 390 Å². The van der Waals surface area contributed by atoms with E-state index in [1.165, 1.54) is 22.3 Å². The summed E-state index contributed by atoms with van der Waals surface area (Å²) in [7, 11) is 4.22. The average molecular weight is 954 g/mol. The molecule has 2 aromatic heterocycles. The SMILES string of the molecule is CN1CCc2ccc(CC(=O)C3(NC(=O)c4ccc(Cl)s4)CC(O)C(O)C3)cc2CC1.CN1CCc2ccc(CC(=O)C3(NC(=O)c4ccc(Cl)s4)CC(O)C(OC=O)C3)cc2CC1. The molecule has 4 heterocycles. The van der Waals surface area contributed by atoms with Crippen LogP contribution in [0.1, 0.15) is 78.4 Å². The number of nitrogens with one attached hydrogen (secondary N) is 2. The van der Waals surface area contributed by atoms with Crippen LogP contribution in [0.4, 0.5) is 0 Å². The third-order valence-corrected chi connectivity index (χ3v) is 15.5. The van der Waals surface area contributed by atoms with Crippen molar-refractivity contribution in [2.75, 3.05) is 40.3 Å². The van der Waals surface area contributed by atoms with E-state index in [1.54, 1.807) is 24.3 Å². The number of Topliss-reactive ketones (excluding diaryl/α,β-unsaturated/α-hetero) is 2. The Hall–Kier alpha value is -4.03. The third-order valence-electron chi connectivity index (χ3n) is 13.0. The highest BCUT2D eigenvalue weighted by molar-refractivity contribution is 7.18. The second-order valence-electron chi connectivity index (χ2n) is 17.6. The molecule has 4 aromatic rings. The molecule has 4 aliphatic rings. The molecule has 0 bridgehead atoms. The quantitative estimate of drug-likeness (QED) is 0.125. The minimum absolute atomic E-state index is 0.00637. The van der Waals surface area contributed by atoms with E-state index in [1.807, 2.05) is 12.1 Å². The van der Waals surface area contributed by atoms with Gasteiger partial charge in [0.25, 0.3) is 18.3 Å². The summed E-state index contributed by atoms with van der Waals surface area (Å²) >= 11 is 14.1. The number of rotatable bonds is 12. The van der Waals surface area contributed by atoms with Gasteiger partial charge in [-0.2, -0.15) is 0 Å². The number of carbonyl (C=O) groups excluding carboxylic acids is 5. The zero-order chi connectivity index (χ0) is 45.8. The molecule has 8 rings (SSSR count). The number of carbonyl (C=O) groups is 5. The number of hydrogen-bond donors (Lipinski definition) is 5. The smallest absolute Gasteiger partial charge is 0.293 e. The van der Waals surface area contributed by atoms with E-state index in [4.69, 9.17) is 27.9 Å². The fraction of sp³-hybridized carbons (Fsp3) is 0.468. The first kappa shape index (κ1) is 47.9. The second kappa shape index (κ2) is 20.6. The van der Waals surface area contributed by atoms with E-state index < -0.39 is 47.3 Å². The van der Waals surface area contributed by atoms with Gasteiger partial charge in [-0.15, -0.1) is 22.7 Å². The van der Waals surface area contributed by atoms with Crippen LogP contribution in [-0.4, -0.2) is 131 Å². The largest absolute Gasteiger partial charge is 0.462 e. The van der Waals surface area contributed by atoms with Crippen LogP contribution in [0, 0.1) is 0 Å². The lowest BCUT2D eigenvalue weighted by Crippen LogP contribution is -2.54. The van der Waals surface area contributed by atoms with Crippen LogP contribution in [0.3, 0.4) is 0 Å². The van der Waals surface area contributed by atoms with Gasteiger partial charge in [0.15, 0.2) is 11.6 Å². The van der Waals surface area contributed by atoms with E-state index in [2.05, 4.69) is 58.8 Å². The number of hydrogen-bond acceptors (Lipinski definition) is 13. The molecule has 2 aliphatic heterocycles. The molecule has 5 unspecified atom stereocenters. The predicted molar refractivity (Wildman–Crippen MR) is 247 cm³/mol. The van der Waals surface area contributed by atoms with E-state index in [0.717, 1.165) is 85.7 Å². The Balaban J connectivity index is 0.000000192. The molecule has 0 radical (unpaired) electrons. The van der Waals surface area contributed by atoms with Crippen LogP contribution < -0.4 is 10.6 Å². The standard InChI is InChI=1S/C24H27ClN2O5S.C23H27ClN2O4S/c1-27-8-6-16-3-2-15(10-17(16)7-9-27)11-21(30)24(12-18(29)19(13-24)32-14-28)26-23(31)20-4-5-22(25)33-20;1-26-8-6-15-3-2-14(10-16(15)7-9-26)11-20(29)23(12-17(27)18(28)13-23)25-22(30)19-4-5-21(24)31-19/h2-5,10,14,18-19,29H,6-9,11-13H2,1H3,(H,26,31);2-5,10,17-18,27-28H,6-9,11-13H2,1H3,(H,25,30). The Bertz CT molecular complexity index is 2360. The van der Waals surface area contributed by atoms with Crippen molar-refractivity contribution < 1.29 is 44.0 Å². The van der Waals surface area contributed by atoms with Gasteiger partial charge in [0.1, 0.15) is 17.2 Å². The van der Waals surface area contributed by atoms with Crippen LogP contribution in [-0.2, 0) is 57.6 Å². The number of benzene rings is 2. The number of ketones is 2. The molecule has 2 aromatic carbocycles. The monoisotopic (exact) mass is 952 g/mol. The van der Waals surface area contributed by atoms with E-state index in [9.17, 15) is 39.3 Å². The maximum Gasteiger partial charge on any atom is 0.293 e. The number of ether oxygens (including phenoxy) is 1. The first-order valence-electron chi connectivity index (χ1n) is 21.5. The van der Waals surface area contributed by atoms with Crippen LogP contribution in [0.25, 0.3) is 0 Å². The first-order valence-corrected chi connectivity index (χ1v) is 23.9. The molecule has 2 fully saturated rings. The molecule has 2 saturated carbocycles. The van der Waals surface area contributed by atoms with Crippen molar-refractivity contribution in [2.45, 2.75) is 99.7 Å². The highest BCUT2D eigenvalue weighted by Gasteiger charge is 2.52. The van der Waals surface area contributed by atoms with Crippen molar-refractivity contribution in [3.8, 4) is 0 Å². The molecule has 5 N–H and O–H groups in total. The second-order valence-corrected chi connectivity index (χ2v) is 21.0. The average Bonchev–Trinajstić information content (AvgIpc) is 3.99. The van der Waals surface area contributed by atoms with Gasteiger partial charge >= 0.3 is 0 Å². The van der Waals surface area contributed by atoms with Crippen LogP contribution in [0.2, 0.25) is 8.67 Å². The van der Waals surface area contributed by atoms with Gasteiger partial charge in [0.2, 0.25) is 0 Å². The predicted octanol–water partition coefficient (Wildman–Crippen LogP) is 4.64. The number of aliphatic hydroxyl groups excluding tert-OH is 3. The van der Waals surface area contributed by atoms with E-state index >= 15 is 0 Å². The van der Waals surface area contributed by atoms with Gasteiger partial charge < -0.3 is 40.5 Å². The summed E-state index contributed by atoms with van der Waals surface area (Å²) in [4.78, 5) is 68.9. The zero-order valence-corrected chi connectivity index (χ0v) is 39.0. The normalized spacial score (nSPS) is 25.7. The highest BCUT2D eigenvalue weighted by Crippen LogP contribution is 2.36. The number of fused-ring (bicyclic) bond motifs is 2. The molecule has 0 spiro atoms.